The van der Waals surface area contributed by atoms with Crippen molar-refractivity contribution in [2.75, 3.05) is 7.11 Å². The van der Waals surface area contributed by atoms with Crippen LogP contribution < -0.4 is 10.5 Å². The smallest absolute Gasteiger partial charge is 0.123 e. The molecule has 1 aromatic heterocycles. The molecule has 0 spiro atoms. The monoisotopic (exact) mass is 246 g/mol. The number of ether oxygens (including phenoxy) is 1. The summed E-state index contributed by atoms with van der Waals surface area (Å²) in [5.41, 5.74) is 7.34. The van der Waals surface area contributed by atoms with E-state index in [9.17, 15) is 0 Å². The van der Waals surface area contributed by atoms with Crippen molar-refractivity contribution in [1.82, 2.24) is 15.0 Å². The highest BCUT2D eigenvalue weighted by Gasteiger charge is 2.18. The van der Waals surface area contributed by atoms with Gasteiger partial charge in [0.25, 0.3) is 0 Å². The number of hydrogen-bond donors (Lipinski definition) is 1. The summed E-state index contributed by atoms with van der Waals surface area (Å²) in [6, 6.07) is 7.86. The lowest BCUT2D eigenvalue weighted by Gasteiger charge is -2.13. The Kier molecular flexibility index (Phi) is 3.34. The van der Waals surface area contributed by atoms with Crippen LogP contribution in [0.3, 0.4) is 0 Å². The van der Waals surface area contributed by atoms with Crippen molar-refractivity contribution in [3.05, 3.63) is 41.7 Å². The van der Waals surface area contributed by atoms with Crippen LogP contribution in [0.4, 0.5) is 0 Å². The molecule has 0 amide bonds. The molecule has 18 heavy (non-hydrogen) atoms. The zero-order valence-corrected chi connectivity index (χ0v) is 10.9. The van der Waals surface area contributed by atoms with Gasteiger partial charge in [0.15, 0.2) is 0 Å². The second-order valence-corrected chi connectivity index (χ2v) is 4.83. The Balaban J connectivity index is 2.22. The molecule has 2 N–H and O–H groups in total. The minimum absolute atomic E-state index is 0.473. The highest BCUT2D eigenvalue weighted by molar-refractivity contribution is 5.33. The third-order valence-corrected chi connectivity index (χ3v) is 2.72. The first kappa shape index (κ1) is 12.6. The lowest BCUT2D eigenvalue weighted by atomic mass is 10.0. The lowest BCUT2D eigenvalue weighted by molar-refractivity contribution is 0.407. The number of benzene rings is 1. The first-order chi connectivity index (χ1) is 8.50. The van der Waals surface area contributed by atoms with Crippen molar-refractivity contribution in [3.63, 3.8) is 0 Å². The van der Waals surface area contributed by atoms with Crippen molar-refractivity contribution >= 4 is 0 Å². The van der Waals surface area contributed by atoms with Gasteiger partial charge in [0, 0.05) is 5.56 Å². The average molecular weight is 246 g/mol. The summed E-state index contributed by atoms with van der Waals surface area (Å²) in [6.07, 6.45) is 1.87. The number of hydrogen-bond acceptors (Lipinski definition) is 4. The normalized spacial score (nSPS) is 11.6. The van der Waals surface area contributed by atoms with Gasteiger partial charge in [0.1, 0.15) is 11.4 Å². The van der Waals surface area contributed by atoms with Crippen LogP contribution in [0.2, 0.25) is 0 Å². The van der Waals surface area contributed by atoms with Crippen LogP contribution in [0.15, 0.2) is 30.5 Å². The maximum absolute atomic E-state index is 5.98. The molecule has 2 rings (SSSR count). The number of rotatable bonds is 4. The van der Waals surface area contributed by atoms with Gasteiger partial charge < -0.3 is 10.5 Å². The number of para-hydroxylation sites is 1. The number of aromatic nitrogens is 3. The van der Waals surface area contributed by atoms with E-state index in [0.717, 1.165) is 17.0 Å². The van der Waals surface area contributed by atoms with Crippen molar-refractivity contribution in [2.45, 2.75) is 25.9 Å². The molecule has 0 aliphatic carbocycles. The van der Waals surface area contributed by atoms with E-state index in [2.05, 4.69) is 10.3 Å². The van der Waals surface area contributed by atoms with Crippen molar-refractivity contribution in [2.24, 2.45) is 5.73 Å². The first-order valence-electron chi connectivity index (χ1n) is 5.82. The van der Waals surface area contributed by atoms with Gasteiger partial charge in [-0.1, -0.05) is 23.4 Å². The topological polar surface area (TPSA) is 66.0 Å². The third-order valence-electron chi connectivity index (χ3n) is 2.72. The molecule has 2 aromatic rings. The van der Waals surface area contributed by atoms with Crippen molar-refractivity contribution in [3.8, 4) is 5.75 Å². The van der Waals surface area contributed by atoms with Gasteiger partial charge >= 0.3 is 0 Å². The maximum atomic E-state index is 5.98. The number of nitrogens with zero attached hydrogens (tertiary/aromatic N) is 3. The third kappa shape index (κ3) is 2.68. The molecule has 1 heterocycles. The second-order valence-electron chi connectivity index (χ2n) is 4.83. The van der Waals surface area contributed by atoms with Crippen LogP contribution in [0.1, 0.15) is 25.1 Å². The molecule has 96 valence electrons. The van der Waals surface area contributed by atoms with Crippen LogP contribution in [-0.2, 0) is 12.1 Å². The van der Waals surface area contributed by atoms with Gasteiger partial charge in [-0.15, -0.1) is 5.10 Å². The molecule has 0 saturated heterocycles. The van der Waals surface area contributed by atoms with Gasteiger partial charge in [-0.2, -0.15) is 0 Å². The van der Waals surface area contributed by atoms with E-state index in [-0.39, 0.29) is 0 Å². The summed E-state index contributed by atoms with van der Waals surface area (Å²) in [7, 11) is 1.66. The minimum Gasteiger partial charge on any atom is -0.496 e. The SMILES string of the molecule is COc1ccccc1Cn1cc(C(C)(C)N)nn1. The summed E-state index contributed by atoms with van der Waals surface area (Å²) < 4.78 is 7.07. The first-order valence-corrected chi connectivity index (χ1v) is 5.82. The number of nitrogens with two attached hydrogens (primary N) is 1. The molecule has 0 saturated carbocycles. The zero-order valence-electron chi connectivity index (χ0n) is 10.9. The summed E-state index contributed by atoms with van der Waals surface area (Å²) in [6.45, 7) is 4.43. The lowest BCUT2D eigenvalue weighted by Crippen LogP contribution is -2.29. The van der Waals surface area contributed by atoms with E-state index in [4.69, 9.17) is 10.5 Å². The van der Waals surface area contributed by atoms with Crippen LogP contribution >= 0.6 is 0 Å². The Morgan fingerprint density at radius 3 is 2.67 bits per heavy atom. The molecule has 0 unspecified atom stereocenters. The summed E-state index contributed by atoms with van der Waals surface area (Å²) in [5.74, 6) is 0.849. The van der Waals surface area contributed by atoms with E-state index in [1.807, 2.05) is 44.3 Å². The fraction of sp³-hybridized carbons (Fsp3) is 0.385. The summed E-state index contributed by atoms with van der Waals surface area (Å²) >= 11 is 0. The molecular formula is C13H18N4O. The Bertz CT molecular complexity index is 528. The molecule has 0 bridgehead atoms. The van der Waals surface area contributed by atoms with Gasteiger partial charge in [-0.25, -0.2) is 4.68 Å². The Morgan fingerprint density at radius 1 is 1.33 bits per heavy atom. The largest absolute Gasteiger partial charge is 0.496 e. The van der Waals surface area contributed by atoms with Crippen LogP contribution in [-0.4, -0.2) is 22.1 Å². The zero-order chi connectivity index (χ0) is 13.2. The number of methoxy groups -OCH3 is 1. The molecule has 0 aliphatic rings. The molecule has 0 radical (unpaired) electrons. The standard InChI is InChI=1S/C13H18N4O/c1-13(2,14)12-9-17(16-15-12)8-10-6-4-5-7-11(10)18-3/h4-7,9H,8,14H2,1-3H3. The predicted octanol–water partition coefficient (Wildman–Crippen LogP) is 1.53. The van der Waals surface area contributed by atoms with Gasteiger partial charge in [-0.3, -0.25) is 0 Å². The second kappa shape index (κ2) is 4.78. The molecular weight excluding hydrogens is 228 g/mol. The quantitative estimate of drug-likeness (QED) is 0.888. The van der Waals surface area contributed by atoms with Crippen LogP contribution in [0.5, 0.6) is 5.75 Å². The highest BCUT2D eigenvalue weighted by atomic mass is 16.5. The molecule has 0 aliphatic heterocycles. The fourth-order valence-corrected chi connectivity index (χ4v) is 1.68. The van der Waals surface area contributed by atoms with Crippen LogP contribution in [0, 0.1) is 0 Å². The molecule has 0 fully saturated rings. The fourth-order valence-electron chi connectivity index (χ4n) is 1.68. The predicted molar refractivity (Wildman–Crippen MR) is 69.3 cm³/mol. The van der Waals surface area contributed by atoms with Crippen molar-refractivity contribution in [1.29, 1.82) is 0 Å². The van der Waals surface area contributed by atoms with Gasteiger partial charge in [0.2, 0.25) is 0 Å². The summed E-state index contributed by atoms with van der Waals surface area (Å²) in [4.78, 5) is 0. The van der Waals surface area contributed by atoms with E-state index >= 15 is 0 Å². The Hall–Kier alpha value is -1.88. The Labute approximate surface area is 107 Å². The van der Waals surface area contributed by atoms with E-state index < -0.39 is 5.54 Å². The van der Waals surface area contributed by atoms with E-state index in [0.29, 0.717) is 6.54 Å². The van der Waals surface area contributed by atoms with Crippen LogP contribution in [0.25, 0.3) is 0 Å². The van der Waals surface area contributed by atoms with Crippen molar-refractivity contribution < 1.29 is 4.74 Å². The van der Waals surface area contributed by atoms with Gasteiger partial charge in [-0.05, 0) is 19.9 Å². The average Bonchev–Trinajstić information content (AvgIpc) is 2.78. The molecule has 5 heteroatoms. The molecule has 5 nitrogen and oxygen atoms in total. The summed E-state index contributed by atoms with van der Waals surface area (Å²) in [5, 5.41) is 8.17. The van der Waals surface area contributed by atoms with Gasteiger partial charge in [0.05, 0.1) is 25.4 Å². The minimum atomic E-state index is -0.473. The Morgan fingerprint density at radius 2 is 2.06 bits per heavy atom. The molecule has 0 atom stereocenters. The van der Waals surface area contributed by atoms with E-state index in [1.54, 1.807) is 11.8 Å². The van der Waals surface area contributed by atoms with E-state index in [1.165, 1.54) is 0 Å². The highest BCUT2D eigenvalue weighted by Crippen LogP contribution is 2.19. The molecule has 1 aromatic carbocycles. The maximum Gasteiger partial charge on any atom is 0.123 e.